The first-order valence-corrected chi connectivity index (χ1v) is 7.45. The van der Waals surface area contributed by atoms with E-state index in [-0.39, 0.29) is 6.04 Å². The first-order chi connectivity index (χ1) is 8.81. The second-order valence-electron chi connectivity index (χ2n) is 6.47. The molecule has 0 aromatic carbocycles. The first kappa shape index (κ1) is 11.0. The van der Waals surface area contributed by atoms with Crippen molar-refractivity contribution in [2.45, 2.75) is 45.2 Å². The molecule has 98 valence electrons. The van der Waals surface area contributed by atoms with Gasteiger partial charge in [-0.25, -0.2) is 4.68 Å². The molecular weight excluding hydrogens is 224 g/mol. The van der Waals surface area contributed by atoms with E-state index in [1.807, 2.05) is 10.9 Å². The van der Waals surface area contributed by atoms with Crippen molar-refractivity contribution in [3.8, 4) is 0 Å². The maximum Gasteiger partial charge on any atom is 0.0757 e. The Kier molecular flexibility index (Phi) is 2.31. The van der Waals surface area contributed by atoms with Crippen molar-refractivity contribution in [2.75, 3.05) is 0 Å². The zero-order valence-electron chi connectivity index (χ0n) is 11.0. The highest BCUT2D eigenvalue weighted by atomic mass is 15.4. The van der Waals surface area contributed by atoms with Gasteiger partial charge in [0, 0.05) is 6.54 Å². The molecule has 3 fully saturated rings. The zero-order chi connectivity index (χ0) is 12.3. The van der Waals surface area contributed by atoms with Gasteiger partial charge in [-0.2, -0.15) is 0 Å². The number of aromatic nitrogens is 3. The SMILES string of the molecule is CCCn1nncc1C(N)C1C2C3CCC(C3)C21. The Labute approximate surface area is 108 Å². The summed E-state index contributed by atoms with van der Waals surface area (Å²) in [5.74, 6) is 4.58. The van der Waals surface area contributed by atoms with E-state index in [9.17, 15) is 0 Å². The van der Waals surface area contributed by atoms with Crippen LogP contribution in [-0.4, -0.2) is 15.0 Å². The van der Waals surface area contributed by atoms with Gasteiger partial charge in [-0.15, -0.1) is 5.10 Å². The molecule has 5 atom stereocenters. The van der Waals surface area contributed by atoms with Gasteiger partial charge in [-0.1, -0.05) is 12.1 Å². The summed E-state index contributed by atoms with van der Waals surface area (Å²) in [5, 5.41) is 8.22. The molecule has 3 aliphatic rings. The summed E-state index contributed by atoms with van der Waals surface area (Å²) in [4.78, 5) is 0. The summed E-state index contributed by atoms with van der Waals surface area (Å²) >= 11 is 0. The van der Waals surface area contributed by atoms with Crippen LogP contribution in [-0.2, 0) is 6.54 Å². The maximum atomic E-state index is 6.52. The van der Waals surface area contributed by atoms with E-state index in [4.69, 9.17) is 5.73 Å². The monoisotopic (exact) mass is 246 g/mol. The standard InChI is InChI=1S/C14H22N4/c1-2-5-18-10(7-16-17-18)14(15)13-11-8-3-4-9(6-8)12(11)13/h7-9,11-14H,2-6,15H2,1H3. The van der Waals surface area contributed by atoms with Crippen molar-refractivity contribution in [3.63, 3.8) is 0 Å². The van der Waals surface area contributed by atoms with Crippen LogP contribution in [0.1, 0.15) is 44.3 Å². The molecule has 0 aliphatic heterocycles. The molecule has 1 aromatic rings. The largest absolute Gasteiger partial charge is 0.322 e. The van der Waals surface area contributed by atoms with Crippen LogP contribution in [0.2, 0.25) is 0 Å². The van der Waals surface area contributed by atoms with Crippen molar-refractivity contribution in [1.29, 1.82) is 0 Å². The van der Waals surface area contributed by atoms with Crippen LogP contribution in [0.15, 0.2) is 6.20 Å². The Hall–Kier alpha value is -0.900. The number of aryl methyl sites for hydroxylation is 1. The highest BCUT2D eigenvalue weighted by Gasteiger charge is 2.66. The zero-order valence-corrected chi connectivity index (χ0v) is 11.0. The number of fused-ring (bicyclic) bond motifs is 5. The van der Waals surface area contributed by atoms with Crippen LogP contribution in [0.3, 0.4) is 0 Å². The summed E-state index contributed by atoms with van der Waals surface area (Å²) in [7, 11) is 0. The number of nitrogens with two attached hydrogens (primary N) is 1. The number of nitrogens with zero attached hydrogens (tertiary/aromatic N) is 3. The fourth-order valence-electron chi connectivity index (χ4n) is 4.98. The van der Waals surface area contributed by atoms with Crippen LogP contribution in [0.25, 0.3) is 0 Å². The van der Waals surface area contributed by atoms with Crippen molar-refractivity contribution >= 4 is 0 Å². The molecule has 0 spiro atoms. The molecule has 0 radical (unpaired) electrons. The van der Waals surface area contributed by atoms with E-state index in [0.29, 0.717) is 0 Å². The third kappa shape index (κ3) is 1.35. The second kappa shape index (κ2) is 3.80. The lowest BCUT2D eigenvalue weighted by Crippen LogP contribution is -2.21. The summed E-state index contributed by atoms with van der Waals surface area (Å²) in [6.07, 6.45) is 7.39. The van der Waals surface area contributed by atoms with Crippen molar-refractivity contribution in [1.82, 2.24) is 15.0 Å². The minimum atomic E-state index is 0.171. The average Bonchev–Trinajstić information content (AvgIpc) is 2.75. The molecule has 18 heavy (non-hydrogen) atoms. The third-order valence-electron chi connectivity index (χ3n) is 5.63. The highest BCUT2D eigenvalue weighted by Crippen LogP contribution is 2.71. The third-order valence-corrected chi connectivity index (χ3v) is 5.63. The van der Waals surface area contributed by atoms with E-state index >= 15 is 0 Å². The van der Waals surface area contributed by atoms with Gasteiger partial charge in [0.2, 0.25) is 0 Å². The van der Waals surface area contributed by atoms with Crippen LogP contribution >= 0.6 is 0 Å². The lowest BCUT2D eigenvalue weighted by molar-refractivity contribution is 0.399. The lowest BCUT2D eigenvalue weighted by atomic mass is 9.96. The van der Waals surface area contributed by atoms with Gasteiger partial charge in [0.05, 0.1) is 17.9 Å². The Bertz CT molecular complexity index is 438. The summed E-state index contributed by atoms with van der Waals surface area (Å²) in [5.41, 5.74) is 7.68. The predicted octanol–water partition coefficient (Wildman–Crippen LogP) is 1.98. The molecule has 2 bridgehead atoms. The summed E-state index contributed by atoms with van der Waals surface area (Å²) in [6.45, 7) is 3.11. The van der Waals surface area contributed by atoms with Crippen LogP contribution in [0.5, 0.6) is 0 Å². The fourth-order valence-corrected chi connectivity index (χ4v) is 4.98. The van der Waals surface area contributed by atoms with Gasteiger partial charge in [0.15, 0.2) is 0 Å². The van der Waals surface area contributed by atoms with Crippen LogP contribution in [0, 0.1) is 29.6 Å². The minimum Gasteiger partial charge on any atom is -0.322 e. The molecule has 2 N–H and O–H groups in total. The van der Waals surface area contributed by atoms with Crippen molar-refractivity contribution in [3.05, 3.63) is 11.9 Å². The smallest absolute Gasteiger partial charge is 0.0757 e. The highest BCUT2D eigenvalue weighted by molar-refractivity contribution is 5.19. The molecule has 0 saturated heterocycles. The predicted molar refractivity (Wildman–Crippen MR) is 68.5 cm³/mol. The normalized spacial score (nSPS) is 42.0. The van der Waals surface area contributed by atoms with Gasteiger partial charge in [-0.05, 0) is 55.3 Å². The van der Waals surface area contributed by atoms with E-state index < -0.39 is 0 Å². The molecule has 3 saturated carbocycles. The van der Waals surface area contributed by atoms with Crippen LogP contribution < -0.4 is 5.73 Å². The lowest BCUT2D eigenvalue weighted by Gasteiger charge is -2.16. The number of hydrogen-bond acceptors (Lipinski definition) is 3. The number of rotatable bonds is 4. The molecule has 5 unspecified atom stereocenters. The maximum absolute atomic E-state index is 6.52. The molecule has 0 amide bonds. The number of hydrogen-bond donors (Lipinski definition) is 1. The topological polar surface area (TPSA) is 56.7 Å². The van der Waals surface area contributed by atoms with E-state index in [0.717, 1.165) is 48.2 Å². The van der Waals surface area contributed by atoms with Gasteiger partial charge >= 0.3 is 0 Å². The molecule has 4 nitrogen and oxygen atoms in total. The van der Waals surface area contributed by atoms with Gasteiger partial charge in [-0.3, -0.25) is 0 Å². The Morgan fingerprint density at radius 3 is 2.78 bits per heavy atom. The van der Waals surface area contributed by atoms with Gasteiger partial charge in [0.1, 0.15) is 0 Å². The Morgan fingerprint density at radius 1 is 1.39 bits per heavy atom. The van der Waals surface area contributed by atoms with Crippen molar-refractivity contribution < 1.29 is 0 Å². The minimum absolute atomic E-state index is 0.171. The van der Waals surface area contributed by atoms with E-state index in [1.54, 1.807) is 0 Å². The van der Waals surface area contributed by atoms with E-state index in [1.165, 1.54) is 19.3 Å². The molecular formula is C14H22N4. The summed E-state index contributed by atoms with van der Waals surface area (Å²) in [6, 6.07) is 0.171. The quantitative estimate of drug-likeness (QED) is 0.883. The molecule has 1 aromatic heterocycles. The first-order valence-electron chi connectivity index (χ1n) is 7.45. The van der Waals surface area contributed by atoms with Crippen molar-refractivity contribution in [2.24, 2.45) is 35.3 Å². The summed E-state index contributed by atoms with van der Waals surface area (Å²) < 4.78 is 2.01. The molecule has 1 heterocycles. The Morgan fingerprint density at radius 2 is 2.11 bits per heavy atom. The Balaban J connectivity index is 1.54. The van der Waals surface area contributed by atoms with E-state index in [2.05, 4.69) is 17.2 Å². The fraction of sp³-hybridized carbons (Fsp3) is 0.857. The second-order valence-corrected chi connectivity index (χ2v) is 6.47. The van der Waals surface area contributed by atoms with Gasteiger partial charge < -0.3 is 5.73 Å². The van der Waals surface area contributed by atoms with Crippen LogP contribution in [0.4, 0.5) is 0 Å². The molecule has 4 rings (SSSR count). The average molecular weight is 246 g/mol. The molecule has 3 aliphatic carbocycles. The molecule has 4 heteroatoms. The van der Waals surface area contributed by atoms with Gasteiger partial charge in [0.25, 0.3) is 0 Å².